The fourth-order valence-electron chi connectivity index (χ4n) is 2.95. The van der Waals surface area contributed by atoms with E-state index in [2.05, 4.69) is 15.3 Å². The Hall–Kier alpha value is -2.68. The minimum Gasteiger partial charge on any atom is -0.444 e. The smallest absolute Gasteiger partial charge is 0.433 e. The predicted octanol–water partition coefficient (Wildman–Crippen LogP) is 4.98. The average Bonchev–Trinajstić information content (AvgIpc) is 2.63. The second kappa shape index (κ2) is 9.64. The number of aliphatic hydroxyl groups is 1. The van der Waals surface area contributed by atoms with Crippen molar-refractivity contribution in [3.63, 3.8) is 0 Å². The number of aliphatic hydroxyl groups excluding tert-OH is 1. The SMILES string of the molecule is Cc1cc([C@H](C)NC(=O)OC(C)(C)C)ncc1-c1cc(CCCO)nc(C(F)(F)F)c1. The molecule has 1 amide bonds. The molecule has 2 aromatic rings. The molecule has 0 fully saturated rings. The average molecular weight is 439 g/mol. The summed E-state index contributed by atoms with van der Waals surface area (Å²) in [5.41, 5.74) is 0.769. The lowest BCUT2D eigenvalue weighted by atomic mass is 9.99. The number of hydrogen-bond donors (Lipinski definition) is 2. The summed E-state index contributed by atoms with van der Waals surface area (Å²) >= 11 is 0. The monoisotopic (exact) mass is 439 g/mol. The van der Waals surface area contributed by atoms with Crippen LogP contribution in [0.2, 0.25) is 0 Å². The summed E-state index contributed by atoms with van der Waals surface area (Å²) in [5.74, 6) is 0. The number of amides is 1. The van der Waals surface area contributed by atoms with Crippen molar-refractivity contribution in [1.29, 1.82) is 0 Å². The van der Waals surface area contributed by atoms with Crippen LogP contribution >= 0.6 is 0 Å². The quantitative estimate of drug-likeness (QED) is 0.663. The van der Waals surface area contributed by atoms with E-state index in [1.807, 2.05) is 0 Å². The molecular formula is C22H28F3N3O3. The van der Waals surface area contributed by atoms with E-state index in [0.29, 0.717) is 28.8 Å². The van der Waals surface area contributed by atoms with E-state index in [0.717, 1.165) is 6.07 Å². The second-order valence-corrected chi connectivity index (χ2v) is 8.35. The lowest BCUT2D eigenvalue weighted by Crippen LogP contribution is -2.34. The molecule has 2 heterocycles. The van der Waals surface area contributed by atoms with Crippen molar-refractivity contribution in [2.24, 2.45) is 0 Å². The van der Waals surface area contributed by atoms with Crippen LogP contribution in [0.3, 0.4) is 0 Å². The lowest BCUT2D eigenvalue weighted by molar-refractivity contribution is -0.141. The van der Waals surface area contributed by atoms with E-state index in [1.54, 1.807) is 46.8 Å². The van der Waals surface area contributed by atoms with Gasteiger partial charge in [0.15, 0.2) is 0 Å². The predicted molar refractivity (Wildman–Crippen MR) is 110 cm³/mol. The molecule has 0 aliphatic heterocycles. The number of aromatic nitrogens is 2. The highest BCUT2D eigenvalue weighted by Crippen LogP contribution is 2.33. The van der Waals surface area contributed by atoms with Crippen molar-refractivity contribution in [1.82, 2.24) is 15.3 Å². The maximum Gasteiger partial charge on any atom is 0.433 e. The van der Waals surface area contributed by atoms with Crippen molar-refractivity contribution in [3.05, 3.63) is 47.0 Å². The normalized spacial score (nSPS) is 13.1. The van der Waals surface area contributed by atoms with E-state index < -0.39 is 29.6 Å². The molecule has 170 valence electrons. The summed E-state index contributed by atoms with van der Waals surface area (Å²) in [6, 6.07) is 3.84. The van der Waals surface area contributed by atoms with Crippen LogP contribution in [0.4, 0.5) is 18.0 Å². The number of alkyl carbamates (subject to hydrolysis) is 1. The topological polar surface area (TPSA) is 84.3 Å². The molecule has 0 saturated carbocycles. The van der Waals surface area contributed by atoms with E-state index in [1.165, 1.54) is 6.20 Å². The van der Waals surface area contributed by atoms with Gasteiger partial charge < -0.3 is 15.2 Å². The Morgan fingerprint density at radius 3 is 2.45 bits per heavy atom. The standard InChI is InChI=1S/C22H28F3N3O3/c1-13-9-18(14(2)27-20(30)31-21(3,4)5)26-12-17(13)15-10-16(7-6-8-29)28-19(11-15)22(23,24)25/h9-12,14,29H,6-8H2,1-5H3,(H,27,30)/t14-/m0/s1. The molecule has 0 aromatic carbocycles. The molecule has 0 radical (unpaired) electrons. The fourth-order valence-corrected chi connectivity index (χ4v) is 2.95. The first-order chi connectivity index (χ1) is 14.3. The Labute approximate surface area is 179 Å². The van der Waals surface area contributed by atoms with Crippen molar-refractivity contribution in [2.45, 2.75) is 65.3 Å². The second-order valence-electron chi connectivity index (χ2n) is 8.35. The first-order valence-corrected chi connectivity index (χ1v) is 9.95. The first-order valence-electron chi connectivity index (χ1n) is 9.95. The number of nitrogens with zero attached hydrogens (tertiary/aromatic N) is 2. The number of pyridine rings is 2. The Kier molecular flexibility index (Phi) is 7.64. The highest BCUT2D eigenvalue weighted by Gasteiger charge is 2.33. The molecule has 2 aromatic heterocycles. The molecule has 0 bridgehead atoms. The van der Waals surface area contributed by atoms with Crippen LogP contribution in [0.1, 0.15) is 62.8 Å². The van der Waals surface area contributed by atoms with Crippen LogP contribution in [-0.4, -0.2) is 33.4 Å². The maximum absolute atomic E-state index is 13.3. The third-order valence-corrected chi connectivity index (χ3v) is 4.38. The molecule has 0 spiro atoms. The molecule has 0 saturated heterocycles. The van der Waals surface area contributed by atoms with Gasteiger partial charge in [-0.25, -0.2) is 9.78 Å². The third kappa shape index (κ3) is 7.20. The third-order valence-electron chi connectivity index (χ3n) is 4.38. The lowest BCUT2D eigenvalue weighted by Gasteiger charge is -2.22. The van der Waals surface area contributed by atoms with Gasteiger partial charge in [-0.3, -0.25) is 4.98 Å². The summed E-state index contributed by atoms with van der Waals surface area (Å²) in [5, 5.41) is 11.7. The maximum atomic E-state index is 13.3. The Bertz CT molecular complexity index is 924. The summed E-state index contributed by atoms with van der Waals surface area (Å²) < 4.78 is 45.2. The summed E-state index contributed by atoms with van der Waals surface area (Å²) in [7, 11) is 0. The van der Waals surface area contributed by atoms with Crippen LogP contribution in [0.25, 0.3) is 11.1 Å². The zero-order chi connectivity index (χ0) is 23.4. The van der Waals surface area contributed by atoms with Gasteiger partial charge in [0.25, 0.3) is 0 Å². The molecule has 0 unspecified atom stereocenters. The van der Waals surface area contributed by atoms with Crippen molar-refractivity contribution < 1.29 is 27.8 Å². The molecule has 2 rings (SSSR count). The molecule has 31 heavy (non-hydrogen) atoms. The Morgan fingerprint density at radius 2 is 1.90 bits per heavy atom. The molecule has 9 heteroatoms. The van der Waals surface area contributed by atoms with E-state index in [-0.39, 0.29) is 18.7 Å². The van der Waals surface area contributed by atoms with Crippen LogP contribution in [0.15, 0.2) is 24.4 Å². The number of carbonyl (C=O) groups excluding carboxylic acids is 1. The van der Waals surface area contributed by atoms with Crippen molar-refractivity contribution in [3.8, 4) is 11.1 Å². The minimum absolute atomic E-state index is 0.134. The van der Waals surface area contributed by atoms with Gasteiger partial charge in [-0.05, 0) is 76.8 Å². The molecular weight excluding hydrogens is 411 g/mol. The minimum atomic E-state index is -4.59. The zero-order valence-corrected chi connectivity index (χ0v) is 18.3. The van der Waals surface area contributed by atoms with Gasteiger partial charge in [0.2, 0.25) is 0 Å². The van der Waals surface area contributed by atoms with Gasteiger partial charge in [-0.1, -0.05) is 0 Å². The van der Waals surface area contributed by atoms with Gasteiger partial charge in [-0.15, -0.1) is 0 Å². The largest absolute Gasteiger partial charge is 0.444 e. The van der Waals surface area contributed by atoms with E-state index in [4.69, 9.17) is 9.84 Å². The van der Waals surface area contributed by atoms with Gasteiger partial charge in [-0.2, -0.15) is 13.2 Å². The van der Waals surface area contributed by atoms with Crippen LogP contribution in [-0.2, 0) is 17.3 Å². The summed E-state index contributed by atoms with van der Waals surface area (Å²) in [6.45, 7) is 8.65. The number of ether oxygens (including phenoxy) is 1. The summed E-state index contributed by atoms with van der Waals surface area (Å²) in [4.78, 5) is 20.0. The molecule has 2 N–H and O–H groups in total. The number of hydrogen-bond acceptors (Lipinski definition) is 5. The highest BCUT2D eigenvalue weighted by atomic mass is 19.4. The summed E-state index contributed by atoms with van der Waals surface area (Å²) in [6.07, 6.45) is -3.13. The zero-order valence-electron chi connectivity index (χ0n) is 18.3. The number of aryl methyl sites for hydroxylation is 2. The first kappa shape index (κ1) is 24.6. The molecule has 6 nitrogen and oxygen atoms in total. The Morgan fingerprint density at radius 1 is 1.23 bits per heavy atom. The van der Waals surface area contributed by atoms with Crippen LogP contribution < -0.4 is 5.32 Å². The molecule has 1 atom stereocenters. The van der Waals surface area contributed by atoms with E-state index in [9.17, 15) is 18.0 Å². The number of carbonyl (C=O) groups is 1. The fraction of sp³-hybridized carbons (Fsp3) is 0.500. The number of alkyl halides is 3. The van der Waals surface area contributed by atoms with Crippen LogP contribution in [0.5, 0.6) is 0 Å². The number of nitrogens with one attached hydrogen (secondary N) is 1. The van der Waals surface area contributed by atoms with Gasteiger partial charge in [0.05, 0.1) is 11.7 Å². The number of halogens is 3. The van der Waals surface area contributed by atoms with Gasteiger partial charge in [0.1, 0.15) is 11.3 Å². The molecule has 0 aliphatic carbocycles. The van der Waals surface area contributed by atoms with E-state index >= 15 is 0 Å². The van der Waals surface area contributed by atoms with Crippen molar-refractivity contribution >= 4 is 6.09 Å². The molecule has 0 aliphatic rings. The van der Waals surface area contributed by atoms with Crippen molar-refractivity contribution in [2.75, 3.05) is 6.61 Å². The van der Waals surface area contributed by atoms with Crippen LogP contribution in [0, 0.1) is 6.92 Å². The number of rotatable bonds is 6. The van der Waals surface area contributed by atoms with Gasteiger partial charge >= 0.3 is 12.3 Å². The van der Waals surface area contributed by atoms with Gasteiger partial charge in [0, 0.05) is 24.1 Å². The Balaban J connectivity index is 2.33. The highest BCUT2D eigenvalue weighted by molar-refractivity contribution is 5.69.